The van der Waals surface area contributed by atoms with Gasteiger partial charge in [0, 0.05) is 0 Å². The average Bonchev–Trinajstić information content (AvgIpc) is 2.78. The van der Waals surface area contributed by atoms with Crippen LogP contribution in [0.15, 0.2) is 18.2 Å². The van der Waals surface area contributed by atoms with Crippen LogP contribution in [0.1, 0.15) is 46.2 Å². The van der Waals surface area contributed by atoms with Crippen LogP contribution >= 0.6 is 0 Å². The summed E-state index contributed by atoms with van der Waals surface area (Å²) in [5.74, 6) is -1.01. The highest BCUT2D eigenvalue weighted by Gasteiger charge is 2.18. The van der Waals surface area contributed by atoms with Gasteiger partial charge in [0.2, 0.25) is 0 Å². The van der Waals surface area contributed by atoms with Crippen molar-refractivity contribution in [3.05, 3.63) is 46.3 Å². The summed E-state index contributed by atoms with van der Waals surface area (Å²) in [6, 6.07) is 6.12. The van der Waals surface area contributed by atoms with Crippen molar-refractivity contribution in [2.24, 2.45) is 0 Å². The van der Waals surface area contributed by atoms with Gasteiger partial charge in [-0.2, -0.15) is 0 Å². The number of carbonyl (C=O) groups is 1. The molecule has 0 bridgehead atoms. The monoisotopic (exact) mass is 273 g/mol. The molecule has 5 nitrogen and oxygen atoms in total. The zero-order valence-electron chi connectivity index (χ0n) is 12.1. The van der Waals surface area contributed by atoms with Gasteiger partial charge in [-0.3, -0.25) is 0 Å². The van der Waals surface area contributed by atoms with Crippen molar-refractivity contribution in [2.75, 3.05) is 0 Å². The lowest BCUT2D eigenvalue weighted by molar-refractivity contribution is 0.0689. The fraction of sp³-hybridized carbons (Fsp3) is 0.400. The van der Waals surface area contributed by atoms with Crippen molar-refractivity contribution >= 4 is 5.97 Å². The number of hydrogen-bond acceptors (Lipinski definition) is 3. The molecule has 1 heterocycles. The van der Waals surface area contributed by atoms with Gasteiger partial charge in [-0.1, -0.05) is 36.8 Å². The molecule has 0 aliphatic rings. The maximum Gasteiger partial charge on any atom is 0.358 e. The van der Waals surface area contributed by atoms with Crippen LogP contribution in [0, 0.1) is 13.8 Å². The Kier molecular flexibility index (Phi) is 4.17. The SMILES string of the molecule is CCCc1c(C(=O)O)nnn1Cc1c(C)cccc1C. The van der Waals surface area contributed by atoms with Crippen molar-refractivity contribution < 1.29 is 9.90 Å². The summed E-state index contributed by atoms with van der Waals surface area (Å²) in [4.78, 5) is 11.2. The number of benzene rings is 1. The second kappa shape index (κ2) is 5.86. The third kappa shape index (κ3) is 2.71. The summed E-state index contributed by atoms with van der Waals surface area (Å²) in [5.41, 5.74) is 4.30. The van der Waals surface area contributed by atoms with E-state index in [0.29, 0.717) is 18.7 Å². The predicted octanol–water partition coefficient (Wildman–Crippen LogP) is 2.59. The molecule has 0 unspecified atom stereocenters. The van der Waals surface area contributed by atoms with Gasteiger partial charge in [0.1, 0.15) is 0 Å². The van der Waals surface area contributed by atoms with Gasteiger partial charge < -0.3 is 5.11 Å². The average molecular weight is 273 g/mol. The maximum atomic E-state index is 11.2. The fourth-order valence-corrected chi connectivity index (χ4v) is 2.36. The second-order valence-corrected chi connectivity index (χ2v) is 4.97. The molecule has 2 aromatic rings. The van der Waals surface area contributed by atoms with E-state index in [1.807, 2.05) is 13.0 Å². The molecule has 1 N–H and O–H groups in total. The van der Waals surface area contributed by atoms with Gasteiger partial charge >= 0.3 is 5.97 Å². The van der Waals surface area contributed by atoms with E-state index in [0.717, 1.165) is 6.42 Å². The molecule has 1 aromatic heterocycles. The third-order valence-electron chi connectivity index (χ3n) is 3.48. The molecule has 0 aliphatic carbocycles. The van der Waals surface area contributed by atoms with E-state index in [4.69, 9.17) is 5.11 Å². The smallest absolute Gasteiger partial charge is 0.358 e. The molecule has 0 fully saturated rings. The Morgan fingerprint density at radius 3 is 2.50 bits per heavy atom. The summed E-state index contributed by atoms with van der Waals surface area (Å²) in [6.45, 7) is 6.68. The quantitative estimate of drug-likeness (QED) is 0.909. The van der Waals surface area contributed by atoms with E-state index >= 15 is 0 Å². The zero-order chi connectivity index (χ0) is 14.7. The Balaban J connectivity index is 2.41. The summed E-state index contributed by atoms with van der Waals surface area (Å²) in [5, 5.41) is 17.0. The first-order chi connectivity index (χ1) is 9.54. The van der Waals surface area contributed by atoms with Crippen molar-refractivity contribution in [3.63, 3.8) is 0 Å². The van der Waals surface area contributed by atoms with Gasteiger partial charge in [-0.25, -0.2) is 9.48 Å². The molecular formula is C15H19N3O2. The second-order valence-electron chi connectivity index (χ2n) is 4.97. The lowest BCUT2D eigenvalue weighted by Crippen LogP contribution is -2.11. The number of nitrogens with zero attached hydrogens (tertiary/aromatic N) is 3. The minimum absolute atomic E-state index is 0.0677. The van der Waals surface area contributed by atoms with Crippen LogP contribution in [0.4, 0.5) is 0 Å². The first kappa shape index (κ1) is 14.2. The molecule has 0 aliphatic heterocycles. The van der Waals surface area contributed by atoms with E-state index < -0.39 is 5.97 Å². The van der Waals surface area contributed by atoms with Crippen molar-refractivity contribution in [2.45, 2.75) is 40.2 Å². The molecule has 0 radical (unpaired) electrons. The minimum atomic E-state index is -1.01. The lowest BCUT2D eigenvalue weighted by Gasteiger charge is -2.11. The normalized spacial score (nSPS) is 10.8. The largest absolute Gasteiger partial charge is 0.476 e. The molecule has 0 saturated heterocycles. The minimum Gasteiger partial charge on any atom is -0.476 e. The fourth-order valence-electron chi connectivity index (χ4n) is 2.36. The first-order valence-electron chi connectivity index (χ1n) is 6.75. The standard InChI is InChI=1S/C15H19N3O2/c1-4-6-13-14(15(19)20)16-17-18(13)9-12-10(2)7-5-8-11(12)3/h5,7-8H,4,6,9H2,1-3H3,(H,19,20). The number of carboxylic acid groups (broad SMARTS) is 1. The summed E-state index contributed by atoms with van der Waals surface area (Å²) < 4.78 is 1.71. The van der Waals surface area contributed by atoms with E-state index in [1.54, 1.807) is 4.68 Å². The number of aryl methyl sites for hydroxylation is 2. The number of aromatic carboxylic acids is 1. The number of hydrogen-bond donors (Lipinski definition) is 1. The molecule has 2 rings (SSSR count). The number of aromatic nitrogens is 3. The van der Waals surface area contributed by atoms with Gasteiger partial charge in [0.25, 0.3) is 0 Å². The van der Waals surface area contributed by atoms with E-state index in [2.05, 4.69) is 36.3 Å². The Morgan fingerprint density at radius 1 is 1.30 bits per heavy atom. The number of carboxylic acids is 1. The summed E-state index contributed by atoms with van der Waals surface area (Å²) in [7, 11) is 0. The van der Waals surface area contributed by atoms with Crippen LogP contribution < -0.4 is 0 Å². The molecule has 20 heavy (non-hydrogen) atoms. The van der Waals surface area contributed by atoms with Crippen molar-refractivity contribution in [1.82, 2.24) is 15.0 Å². The van der Waals surface area contributed by atoms with Crippen LogP contribution in [0.3, 0.4) is 0 Å². The topological polar surface area (TPSA) is 68.0 Å². The van der Waals surface area contributed by atoms with Crippen molar-refractivity contribution in [3.8, 4) is 0 Å². The van der Waals surface area contributed by atoms with Crippen LogP contribution in [0.25, 0.3) is 0 Å². The molecule has 0 atom stereocenters. The molecule has 0 amide bonds. The molecular weight excluding hydrogens is 254 g/mol. The predicted molar refractivity (Wildman–Crippen MR) is 76.0 cm³/mol. The van der Waals surface area contributed by atoms with Gasteiger partial charge in [0.05, 0.1) is 12.2 Å². The molecule has 0 spiro atoms. The first-order valence-corrected chi connectivity index (χ1v) is 6.75. The van der Waals surface area contributed by atoms with Gasteiger partial charge in [0.15, 0.2) is 5.69 Å². The van der Waals surface area contributed by atoms with Crippen LogP contribution in [-0.4, -0.2) is 26.1 Å². The third-order valence-corrected chi connectivity index (χ3v) is 3.48. The van der Waals surface area contributed by atoms with E-state index in [-0.39, 0.29) is 5.69 Å². The molecule has 5 heteroatoms. The Hall–Kier alpha value is -2.17. The Bertz CT molecular complexity index is 612. The van der Waals surface area contributed by atoms with Gasteiger partial charge in [-0.15, -0.1) is 5.10 Å². The summed E-state index contributed by atoms with van der Waals surface area (Å²) >= 11 is 0. The Labute approximate surface area is 118 Å². The van der Waals surface area contributed by atoms with Crippen LogP contribution in [-0.2, 0) is 13.0 Å². The van der Waals surface area contributed by atoms with Crippen LogP contribution in [0.2, 0.25) is 0 Å². The lowest BCUT2D eigenvalue weighted by atomic mass is 10.0. The van der Waals surface area contributed by atoms with Gasteiger partial charge in [-0.05, 0) is 37.0 Å². The maximum absolute atomic E-state index is 11.2. The van der Waals surface area contributed by atoms with Crippen molar-refractivity contribution in [1.29, 1.82) is 0 Å². The van der Waals surface area contributed by atoms with E-state index in [1.165, 1.54) is 16.7 Å². The highest BCUT2D eigenvalue weighted by atomic mass is 16.4. The molecule has 106 valence electrons. The Morgan fingerprint density at radius 2 is 1.95 bits per heavy atom. The summed E-state index contributed by atoms with van der Waals surface area (Å²) in [6.07, 6.45) is 1.53. The highest BCUT2D eigenvalue weighted by Crippen LogP contribution is 2.17. The zero-order valence-corrected chi connectivity index (χ0v) is 12.1. The molecule has 0 saturated carbocycles. The van der Waals surface area contributed by atoms with E-state index in [9.17, 15) is 4.79 Å². The van der Waals surface area contributed by atoms with Crippen LogP contribution in [0.5, 0.6) is 0 Å². The molecule has 1 aromatic carbocycles. The highest BCUT2D eigenvalue weighted by molar-refractivity contribution is 5.86. The number of rotatable bonds is 5.